The van der Waals surface area contributed by atoms with Crippen LogP contribution in [-0.4, -0.2) is 34.7 Å². The molecule has 0 aliphatic heterocycles. The Balaban J connectivity index is 1.55. The lowest BCUT2D eigenvalue weighted by molar-refractivity contribution is -0.122. The van der Waals surface area contributed by atoms with Gasteiger partial charge in [-0.2, -0.15) is 0 Å². The number of carbonyl (C=O) groups is 2. The monoisotopic (exact) mass is 393 g/mol. The van der Waals surface area contributed by atoms with Gasteiger partial charge in [0.25, 0.3) is 11.6 Å². The van der Waals surface area contributed by atoms with Crippen LogP contribution < -0.4 is 4.90 Å². The topological polar surface area (TPSA) is 85.5 Å². The van der Waals surface area contributed by atoms with E-state index in [1.165, 1.54) is 0 Å². The minimum Gasteiger partial charge on any atom is -0.452 e. The number of carbonyl (C=O) groups excluding carboxylic acids is 2. The van der Waals surface area contributed by atoms with Gasteiger partial charge in [0.15, 0.2) is 6.61 Å². The van der Waals surface area contributed by atoms with Gasteiger partial charge in [-0.1, -0.05) is 23.4 Å². The summed E-state index contributed by atoms with van der Waals surface area (Å²) in [5.74, 6) is -0.516. The molecule has 2 heterocycles. The molecule has 0 atom stereocenters. The number of hydrogen-bond acceptors (Lipinski definition) is 6. The maximum absolute atomic E-state index is 12.8. The fraction of sp³-hybridized carbons (Fsp3) is 0.364. The molecule has 1 aliphatic carbocycles. The number of pyridine rings is 1. The average Bonchev–Trinajstić information content (AvgIpc) is 3.49. The minimum atomic E-state index is -0.573. The van der Waals surface area contributed by atoms with Gasteiger partial charge in [-0.15, -0.1) is 0 Å². The second-order valence-electron chi connectivity index (χ2n) is 7.59. The summed E-state index contributed by atoms with van der Waals surface area (Å²) in [5, 5.41) is 4.46. The number of benzene rings is 1. The van der Waals surface area contributed by atoms with Crippen molar-refractivity contribution in [2.75, 3.05) is 11.5 Å². The van der Waals surface area contributed by atoms with Gasteiger partial charge in [-0.25, -0.2) is 9.78 Å². The SMILES string of the molecule is Cc1noc2nc(C3CC3)cc(C(=O)OCC(=O)N(c3ccccc3)C(C)C)c12. The highest BCUT2D eigenvalue weighted by molar-refractivity contribution is 6.04. The number of ether oxygens (including phenoxy) is 1. The Bertz CT molecular complexity index is 1050. The first-order valence-electron chi connectivity index (χ1n) is 9.77. The number of anilines is 1. The van der Waals surface area contributed by atoms with Gasteiger partial charge >= 0.3 is 5.97 Å². The molecule has 0 spiro atoms. The number of hydrogen-bond donors (Lipinski definition) is 0. The largest absolute Gasteiger partial charge is 0.452 e. The summed E-state index contributed by atoms with van der Waals surface area (Å²) in [6.45, 7) is 5.24. The lowest BCUT2D eigenvalue weighted by atomic mass is 10.1. The summed E-state index contributed by atoms with van der Waals surface area (Å²) in [5.41, 5.74) is 2.82. The molecule has 29 heavy (non-hydrogen) atoms. The van der Waals surface area contributed by atoms with Crippen LogP contribution in [0.15, 0.2) is 40.9 Å². The van der Waals surface area contributed by atoms with Crippen LogP contribution in [0.2, 0.25) is 0 Å². The quantitative estimate of drug-likeness (QED) is 0.588. The van der Waals surface area contributed by atoms with E-state index < -0.39 is 5.97 Å². The molecule has 0 unspecified atom stereocenters. The zero-order chi connectivity index (χ0) is 20.5. The number of aromatic nitrogens is 2. The van der Waals surface area contributed by atoms with Crippen molar-refractivity contribution in [2.24, 2.45) is 0 Å². The summed E-state index contributed by atoms with van der Waals surface area (Å²) in [6, 6.07) is 11.0. The van der Waals surface area contributed by atoms with Crippen molar-refractivity contribution < 1.29 is 18.8 Å². The molecule has 7 heteroatoms. The van der Waals surface area contributed by atoms with Crippen LogP contribution in [0.3, 0.4) is 0 Å². The predicted octanol–water partition coefficient (Wildman–Crippen LogP) is 4.01. The van der Waals surface area contributed by atoms with Crippen LogP contribution in [0.1, 0.15) is 54.4 Å². The molecular formula is C22H23N3O4. The van der Waals surface area contributed by atoms with Crippen molar-refractivity contribution in [1.29, 1.82) is 0 Å². The van der Waals surface area contributed by atoms with Crippen LogP contribution >= 0.6 is 0 Å². The van der Waals surface area contributed by atoms with E-state index in [0.29, 0.717) is 28.3 Å². The minimum absolute atomic E-state index is 0.0713. The predicted molar refractivity (Wildman–Crippen MR) is 108 cm³/mol. The lowest BCUT2D eigenvalue weighted by Gasteiger charge is -2.26. The van der Waals surface area contributed by atoms with E-state index in [1.807, 2.05) is 44.2 Å². The number of esters is 1. The second kappa shape index (κ2) is 7.66. The normalized spacial score (nSPS) is 13.7. The van der Waals surface area contributed by atoms with Crippen molar-refractivity contribution in [1.82, 2.24) is 10.1 Å². The van der Waals surface area contributed by atoms with Gasteiger partial charge in [-0.05, 0) is 51.8 Å². The third kappa shape index (κ3) is 3.85. The molecule has 2 aromatic heterocycles. The lowest BCUT2D eigenvalue weighted by Crippen LogP contribution is -2.39. The number of aryl methyl sites for hydroxylation is 1. The Morgan fingerprint density at radius 3 is 2.62 bits per heavy atom. The molecule has 3 aromatic rings. The fourth-order valence-electron chi connectivity index (χ4n) is 3.46. The number of fused-ring (bicyclic) bond motifs is 1. The molecule has 0 radical (unpaired) electrons. The van der Waals surface area contributed by atoms with Crippen LogP contribution in [0, 0.1) is 6.92 Å². The molecule has 1 aromatic carbocycles. The average molecular weight is 393 g/mol. The van der Waals surface area contributed by atoms with Crippen molar-refractivity contribution in [2.45, 2.75) is 45.6 Å². The van der Waals surface area contributed by atoms with Crippen molar-refractivity contribution in [3.8, 4) is 0 Å². The molecule has 7 nitrogen and oxygen atoms in total. The van der Waals surface area contributed by atoms with E-state index in [-0.39, 0.29) is 18.6 Å². The Labute approximate surface area is 168 Å². The van der Waals surface area contributed by atoms with E-state index in [2.05, 4.69) is 10.1 Å². The second-order valence-corrected chi connectivity index (χ2v) is 7.59. The van der Waals surface area contributed by atoms with Gasteiger partial charge in [-0.3, -0.25) is 4.79 Å². The van der Waals surface area contributed by atoms with Crippen molar-refractivity contribution in [3.63, 3.8) is 0 Å². The molecule has 0 saturated heterocycles. The summed E-state index contributed by atoms with van der Waals surface area (Å²) < 4.78 is 10.7. The number of para-hydroxylation sites is 1. The fourth-order valence-corrected chi connectivity index (χ4v) is 3.46. The van der Waals surface area contributed by atoms with Crippen LogP contribution in [0.25, 0.3) is 11.1 Å². The van der Waals surface area contributed by atoms with Crippen molar-refractivity contribution in [3.05, 3.63) is 53.3 Å². The number of nitrogens with zero attached hydrogens (tertiary/aromatic N) is 3. The van der Waals surface area contributed by atoms with Crippen molar-refractivity contribution >= 4 is 28.7 Å². The van der Waals surface area contributed by atoms with Crippen LogP contribution in [-0.2, 0) is 9.53 Å². The molecule has 0 bridgehead atoms. The van der Waals surface area contributed by atoms with Gasteiger partial charge in [0.05, 0.1) is 16.6 Å². The van der Waals surface area contributed by atoms with E-state index in [4.69, 9.17) is 9.26 Å². The summed E-state index contributed by atoms with van der Waals surface area (Å²) in [4.78, 5) is 31.7. The van der Waals surface area contributed by atoms with Gasteiger partial charge in [0, 0.05) is 23.3 Å². The molecule has 4 rings (SSSR count). The van der Waals surface area contributed by atoms with Crippen LogP contribution in [0.5, 0.6) is 0 Å². The zero-order valence-electron chi connectivity index (χ0n) is 16.7. The van der Waals surface area contributed by atoms with Crippen LogP contribution in [0.4, 0.5) is 5.69 Å². The van der Waals surface area contributed by atoms with E-state index in [1.54, 1.807) is 17.9 Å². The highest BCUT2D eigenvalue weighted by atomic mass is 16.5. The van der Waals surface area contributed by atoms with E-state index in [0.717, 1.165) is 24.2 Å². The summed E-state index contributed by atoms with van der Waals surface area (Å²) >= 11 is 0. The first-order chi connectivity index (χ1) is 14.0. The first-order valence-corrected chi connectivity index (χ1v) is 9.77. The van der Waals surface area contributed by atoms with E-state index >= 15 is 0 Å². The highest BCUT2D eigenvalue weighted by Gasteiger charge is 2.29. The maximum Gasteiger partial charge on any atom is 0.339 e. The van der Waals surface area contributed by atoms with Gasteiger partial charge < -0.3 is 14.2 Å². The number of amides is 1. The van der Waals surface area contributed by atoms with Gasteiger partial charge in [0.1, 0.15) is 0 Å². The smallest absolute Gasteiger partial charge is 0.339 e. The Hall–Kier alpha value is -3.22. The molecule has 1 saturated carbocycles. The van der Waals surface area contributed by atoms with E-state index in [9.17, 15) is 9.59 Å². The zero-order valence-corrected chi connectivity index (χ0v) is 16.7. The Morgan fingerprint density at radius 2 is 1.97 bits per heavy atom. The molecule has 1 aliphatic rings. The number of rotatable bonds is 6. The highest BCUT2D eigenvalue weighted by Crippen LogP contribution is 2.40. The first kappa shape index (κ1) is 19.1. The summed E-state index contributed by atoms with van der Waals surface area (Å²) in [7, 11) is 0. The molecule has 1 amide bonds. The Morgan fingerprint density at radius 1 is 1.24 bits per heavy atom. The summed E-state index contributed by atoms with van der Waals surface area (Å²) in [6.07, 6.45) is 2.08. The standard InChI is InChI=1S/C22H23N3O4/c1-13(2)25(16-7-5-4-6-8-16)19(26)12-28-22(27)17-11-18(15-9-10-15)23-21-20(17)14(3)24-29-21/h4-8,11,13,15H,9-10,12H2,1-3H3. The maximum atomic E-state index is 12.8. The van der Waals surface area contributed by atoms with Gasteiger partial charge in [0.2, 0.25) is 0 Å². The third-order valence-corrected chi connectivity index (χ3v) is 5.00. The molecular weight excluding hydrogens is 370 g/mol. The molecule has 1 fully saturated rings. The molecule has 0 N–H and O–H groups in total. The Kier molecular flexibility index (Phi) is 5.05. The molecule has 150 valence electrons. The third-order valence-electron chi connectivity index (χ3n) is 5.00.